The van der Waals surface area contributed by atoms with Gasteiger partial charge >= 0.3 is 17.6 Å². The highest BCUT2D eigenvalue weighted by Crippen LogP contribution is 2.42. The molecule has 88 heavy (non-hydrogen) atoms. The largest absolute Gasteiger partial charge is 0.496 e. The molecule has 484 valence electrons. The highest BCUT2D eigenvalue weighted by Gasteiger charge is 2.36. The van der Waals surface area contributed by atoms with Crippen molar-refractivity contribution in [1.82, 2.24) is 14.4 Å². The number of hydrogen-bond acceptors (Lipinski definition) is 19. The molecule has 23 nitrogen and oxygen atoms in total. The van der Waals surface area contributed by atoms with E-state index in [0.29, 0.717) is 41.2 Å². The first-order chi connectivity index (χ1) is 41.2. The van der Waals surface area contributed by atoms with E-state index >= 15 is 0 Å². The summed E-state index contributed by atoms with van der Waals surface area (Å²) in [7, 11) is 5.25. The van der Waals surface area contributed by atoms with Gasteiger partial charge in [0.15, 0.2) is 28.7 Å². The number of carbonyl (C=O) groups excluding carboxylic acids is 2. The zero-order valence-electron chi connectivity index (χ0n) is 53.5. The molecular formula is C63H88N6O17S2. The van der Waals surface area contributed by atoms with E-state index in [2.05, 4.69) is 32.6 Å². The topological polar surface area (TPSA) is 302 Å². The van der Waals surface area contributed by atoms with E-state index in [1.54, 1.807) is 45.5 Å². The number of esters is 1. The Balaban J connectivity index is 0.000000418. The number of nitro groups is 3. The number of hydrogen-bond donors (Lipinski definition) is 1. The van der Waals surface area contributed by atoms with Crippen LogP contribution >= 0.6 is 23.5 Å². The Morgan fingerprint density at radius 2 is 1.24 bits per heavy atom. The van der Waals surface area contributed by atoms with Gasteiger partial charge in [0.1, 0.15) is 23.7 Å². The highest BCUT2D eigenvalue weighted by atomic mass is 32.2. The van der Waals surface area contributed by atoms with Crippen LogP contribution in [0.5, 0.6) is 11.5 Å². The van der Waals surface area contributed by atoms with Crippen LogP contribution in [0.3, 0.4) is 0 Å². The number of unbranched alkanes of at least 4 members (excludes halogenated alkanes) is 9. The number of nitrogens with zero attached hydrogens (tertiary/aromatic N) is 6. The van der Waals surface area contributed by atoms with Crippen LogP contribution in [0.2, 0.25) is 0 Å². The molecule has 0 radical (unpaired) electrons. The molecule has 0 aliphatic carbocycles. The Labute approximate surface area is 522 Å². The SMILES string of the molecule is CC(=O)c1cc([N+](=O)[O-])c(-n2oc(C)c(CSCCC(=O)O)c2=O)cc1C(C)(C)CC(C)(C)C.CCCCCCCCCCCCOC(=O)c1cc([N+](=O)[O-])c(-n2oc(C(C)(C)C)c(COc3ccc(CSCCN(C)C)cc3[N+](=O)[O-])c2=O)cc1OC. The van der Waals surface area contributed by atoms with Crippen molar-refractivity contribution in [3.8, 4) is 22.9 Å². The van der Waals surface area contributed by atoms with Crippen molar-refractivity contribution in [1.29, 1.82) is 0 Å². The molecule has 0 spiro atoms. The molecule has 0 aliphatic rings. The fourth-order valence-corrected chi connectivity index (χ4v) is 12.2. The first-order valence-corrected chi connectivity index (χ1v) is 31.8. The lowest BCUT2D eigenvalue weighted by molar-refractivity contribution is -0.386. The summed E-state index contributed by atoms with van der Waals surface area (Å²) in [5.41, 5.74) is -2.47. The number of carboxylic acid groups (broad SMARTS) is 1. The summed E-state index contributed by atoms with van der Waals surface area (Å²) in [4.78, 5) is 99.8. The van der Waals surface area contributed by atoms with Gasteiger partial charge in [-0.05, 0) is 74.9 Å². The Kier molecular flexibility index (Phi) is 27.8. The third-order valence-electron chi connectivity index (χ3n) is 14.2. The molecule has 0 atom stereocenters. The van der Waals surface area contributed by atoms with Crippen molar-refractivity contribution in [2.75, 3.05) is 45.9 Å². The van der Waals surface area contributed by atoms with Gasteiger partial charge in [0.2, 0.25) is 0 Å². The number of Topliss-reactive ketones (excluding diaryl/α,β-unsaturated/α-hetero) is 1. The Hall–Kier alpha value is -7.25. The van der Waals surface area contributed by atoms with E-state index in [9.17, 15) is 54.3 Å². The lowest BCUT2D eigenvalue weighted by atomic mass is 9.70. The van der Waals surface area contributed by atoms with Gasteiger partial charge in [-0.2, -0.15) is 23.5 Å². The average Bonchev–Trinajstić information content (AvgIpc) is 1.59. The van der Waals surface area contributed by atoms with Crippen LogP contribution in [0.15, 0.2) is 61.1 Å². The molecule has 0 saturated carbocycles. The summed E-state index contributed by atoms with van der Waals surface area (Å²) < 4.78 is 30.1. The summed E-state index contributed by atoms with van der Waals surface area (Å²) in [6.45, 7) is 21.3. The maximum atomic E-state index is 13.9. The molecule has 0 aliphatic heterocycles. The molecule has 0 bridgehead atoms. The summed E-state index contributed by atoms with van der Waals surface area (Å²) in [6.07, 6.45) is 11.8. The zero-order valence-corrected chi connectivity index (χ0v) is 55.1. The number of carbonyl (C=O) groups is 3. The summed E-state index contributed by atoms with van der Waals surface area (Å²) in [5, 5.41) is 45.1. The average molecular weight is 1270 g/mol. The summed E-state index contributed by atoms with van der Waals surface area (Å²) in [5.74, 6) is 0.337. The van der Waals surface area contributed by atoms with E-state index in [1.807, 2.05) is 27.9 Å². The van der Waals surface area contributed by atoms with Crippen molar-refractivity contribution in [2.24, 2.45) is 5.41 Å². The molecule has 2 aromatic heterocycles. The second-order valence-electron chi connectivity index (χ2n) is 24.8. The van der Waals surface area contributed by atoms with E-state index in [4.69, 9.17) is 28.4 Å². The normalized spacial score (nSPS) is 11.8. The standard InChI is InChI=1S/C39H56N4O10S.C24H32N2O7S/c1-8-9-10-11-12-13-14-15-16-17-21-51-38(45)29-24-32(42(46)47)31(25-35(29)50-7)41-37(44)30(36(53-41)39(2,3)4)26-52-34-19-18-28(23-33(34)43(48)49)27-54-22-20-40(5)6;1-14(27)16-10-20(26(31)32)19(11-18(16)24(6,7)13-23(3,4)5)25-22(30)17(15(2)33-25)12-34-9-8-21(28)29/h18-19,23-25H,8-17,20-22,26-27H2,1-7H3;10-11H,8-9,12-13H2,1-7H3,(H,28,29). The van der Waals surface area contributed by atoms with E-state index in [0.717, 1.165) is 52.7 Å². The van der Waals surface area contributed by atoms with Gasteiger partial charge in [-0.1, -0.05) is 126 Å². The third kappa shape index (κ3) is 21.2. The fourth-order valence-electron chi connectivity index (χ4n) is 10.1. The first kappa shape index (κ1) is 73.2. The Morgan fingerprint density at radius 3 is 1.77 bits per heavy atom. The molecule has 5 aromatic rings. The monoisotopic (exact) mass is 1260 g/mol. The minimum Gasteiger partial charge on any atom is -0.496 e. The number of benzene rings is 3. The van der Waals surface area contributed by atoms with E-state index in [1.165, 1.54) is 94.7 Å². The predicted octanol–water partition coefficient (Wildman–Crippen LogP) is 14.3. The number of nitro benzene ring substituents is 3. The van der Waals surface area contributed by atoms with Gasteiger partial charge in [0.25, 0.3) is 22.5 Å². The Bertz CT molecular complexity index is 3360. The third-order valence-corrected chi connectivity index (χ3v) is 16.2. The van der Waals surface area contributed by atoms with Crippen LogP contribution in [-0.2, 0) is 38.5 Å². The number of aliphatic carboxylic acids is 1. The van der Waals surface area contributed by atoms with Crippen molar-refractivity contribution in [3.63, 3.8) is 0 Å². The van der Waals surface area contributed by atoms with Crippen LogP contribution in [0.1, 0.15) is 201 Å². The van der Waals surface area contributed by atoms with Crippen LogP contribution in [0.4, 0.5) is 17.1 Å². The van der Waals surface area contributed by atoms with E-state index < -0.39 is 66.6 Å². The maximum Gasteiger partial charge on any atom is 0.342 e. The van der Waals surface area contributed by atoms with Gasteiger partial charge in [0, 0.05) is 64.8 Å². The van der Waals surface area contributed by atoms with Crippen molar-refractivity contribution >= 4 is 58.3 Å². The first-order valence-electron chi connectivity index (χ1n) is 29.5. The molecule has 5 rings (SSSR count). The summed E-state index contributed by atoms with van der Waals surface area (Å²) in [6, 6.07) is 9.64. The van der Waals surface area contributed by atoms with Gasteiger partial charge in [-0.25, -0.2) is 4.79 Å². The van der Waals surface area contributed by atoms with Crippen molar-refractivity contribution in [3.05, 3.63) is 138 Å². The second-order valence-corrected chi connectivity index (χ2v) is 27.0. The minimum atomic E-state index is -0.930. The quantitative estimate of drug-likeness (QED) is 0.0131. The van der Waals surface area contributed by atoms with Crippen LogP contribution in [-0.4, -0.2) is 97.8 Å². The molecule has 0 fully saturated rings. The van der Waals surface area contributed by atoms with Gasteiger partial charge < -0.3 is 33.3 Å². The number of aryl methyl sites for hydroxylation is 1. The number of ether oxygens (including phenoxy) is 3. The van der Waals surface area contributed by atoms with Crippen molar-refractivity contribution < 1.29 is 57.5 Å². The molecule has 0 unspecified atom stereocenters. The highest BCUT2D eigenvalue weighted by molar-refractivity contribution is 7.98. The maximum absolute atomic E-state index is 13.9. The fraction of sp³-hybridized carbons (Fsp3) is 0.571. The molecule has 0 amide bonds. The number of aromatic nitrogens is 2. The molecule has 25 heteroatoms. The number of thioether (sulfide) groups is 2. The second kappa shape index (κ2) is 33.4. The molecule has 1 N–H and O–H groups in total. The number of carboxylic acids is 1. The zero-order chi connectivity index (χ0) is 65.8. The summed E-state index contributed by atoms with van der Waals surface area (Å²) >= 11 is 2.92. The lowest BCUT2D eigenvalue weighted by Crippen LogP contribution is -2.28. The van der Waals surface area contributed by atoms with Crippen molar-refractivity contribution in [2.45, 2.75) is 182 Å². The van der Waals surface area contributed by atoms with Gasteiger partial charge in [-0.3, -0.25) is 49.5 Å². The smallest absolute Gasteiger partial charge is 0.342 e. The lowest BCUT2D eigenvalue weighted by Gasteiger charge is -2.34. The van der Waals surface area contributed by atoms with Crippen LogP contribution < -0.4 is 20.6 Å². The number of ketones is 1. The molecule has 3 aromatic carbocycles. The van der Waals surface area contributed by atoms with E-state index in [-0.39, 0.29) is 81.0 Å². The molecule has 0 saturated heterocycles. The predicted molar refractivity (Wildman–Crippen MR) is 342 cm³/mol. The molecule has 2 heterocycles. The Morgan fingerprint density at radius 1 is 0.693 bits per heavy atom. The van der Waals surface area contributed by atoms with Crippen LogP contribution in [0.25, 0.3) is 11.4 Å². The number of methoxy groups -OCH3 is 1. The molecular weight excluding hydrogens is 1180 g/mol. The van der Waals surface area contributed by atoms with Crippen LogP contribution in [0, 0.1) is 42.7 Å². The number of rotatable bonds is 34. The van der Waals surface area contributed by atoms with Gasteiger partial charge in [-0.15, -0.1) is 9.48 Å². The minimum absolute atomic E-state index is 0.0216. The van der Waals surface area contributed by atoms with Gasteiger partial charge in [0.05, 0.1) is 46.0 Å².